The van der Waals surface area contributed by atoms with Crippen molar-refractivity contribution >= 4 is 28.9 Å². The topological polar surface area (TPSA) is 66.9 Å². The summed E-state index contributed by atoms with van der Waals surface area (Å²) in [6.07, 6.45) is 1.91. The molecule has 0 bridgehead atoms. The van der Waals surface area contributed by atoms with E-state index in [4.69, 9.17) is 4.74 Å². The van der Waals surface area contributed by atoms with Crippen molar-refractivity contribution in [3.8, 4) is 0 Å². The van der Waals surface area contributed by atoms with E-state index in [1.165, 1.54) is 18.7 Å². The maximum atomic E-state index is 12.3. The van der Waals surface area contributed by atoms with Crippen molar-refractivity contribution in [2.24, 2.45) is 0 Å². The van der Waals surface area contributed by atoms with Gasteiger partial charge in [0.05, 0.1) is 6.04 Å². The van der Waals surface area contributed by atoms with Gasteiger partial charge in [0.1, 0.15) is 5.60 Å². The summed E-state index contributed by atoms with van der Waals surface area (Å²) in [6, 6.07) is 0.00915. The van der Waals surface area contributed by atoms with Crippen LogP contribution in [0.4, 0.5) is 4.79 Å². The Balaban J connectivity index is 1.92. The Morgan fingerprint density at radius 2 is 2.04 bits per heavy atom. The lowest BCUT2D eigenvalue weighted by Gasteiger charge is -2.30. The summed E-state index contributed by atoms with van der Waals surface area (Å²) in [7, 11) is 0. The second-order valence-corrected chi connectivity index (χ2v) is 8.68. The molecule has 0 N–H and O–H groups in total. The third kappa shape index (κ3) is 5.12. The number of nitrogens with zero attached hydrogens (tertiary/aromatic N) is 2. The lowest BCUT2D eigenvalue weighted by molar-refractivity contribution is -0.128. The van der Waals surface area contributed by atoms with Crippen LogP contribution in [-0.4, -0.2) is 63.4 Å². The molecule has 0 spiro atoms. The van der Waals surface area contributed by atoms with E-state index in [1.54, 1.807) is 9.80 Å². The van der Waals surface area contributed by atoms with Gasteiger partial charge in [-0.3, -0.25) is 9.59 Å². The van der Waals surface area contributed by atoms with Crippen LogP contribution in [0.2, 0.25) is 0 Å². The number of hydrogen-bond donors (Lipinski definition) is 0. The smallest absolute Gasteiger partial charge is 0.410 e. The largest absolute Gasteiger partial charge is 0.444 e. The molecule has 0 aromatic carbocycles. The third-order valence-corrected chi connectivity index (χ3v) is 4.93. The summed E-state index contributed by atoms with van der Waals surface area (Å²) in [5.41, 5.74) is -0.517. The Bertz CT molecular complexity index is 489. The molecule has 2 fully saturated rings. The van der Waals surface area contributed by atoms with Gasteiger partial charge in [0.2, 0.25) is 5.91 Å². The fraction of sp³-hybridized carbons (Fsp3) is 0.812. The lowest BCUT2D eigenvalue weighted by atomic mass is 10.2. The number of hydrogen-bond acceptors (Lipinski definition) is 5. The van der Waals surface area contributed by atoms with Crippen molar-refractivity contribution in [2.45, 2.75) is 63.9 Å². The van der Waals surface area contributed by atoms with Gasteiger partial charge in [0, 0.05) is 38.2 Å². The summed E-state index contributed by atoms with van der Waals surface area (Å²) < 4.78 is 5.45. The number of likely N-dealkylation sites (tertiary alicyclic amines) is 2. The third-order valence-electron chi connectivity index (χ3n) is 3.95. The monoisotopic (exact) mass is 342 g/mol. The fourth-order valence-electron chi connectivity index (χ4n) is 3.07. The van der Waals surface area contributed by atoms with E-state index in [0.717, 1.165) is 12.8 Å². The first kappa shape index (κ1) is 18.1. The molecule has 2 rings (SSSR count). The average Bonchev–Trinajstić information content (AvgIpc) is 2.95. The SMILES string of the molecule is CC(=O)SC1CC(=O)N(CC2CCCN2C(=O)OC(C)(C)C)C1. The minimum absolute atomic E-state index is 0.00915. The number of rotatable bonds is 3. The van der Waals surface area contributed by atoms with E-state index >= 15 is 0 Å². The van der Waals surface area contributed by atoms with Gasteiger partial charge in [0.25, 0.3) is 0 Å². The van der Waals surface area contributed by atoms with E-state index in [1.807, 2.05) is 20.8 Å². The molecule has 0 aliphatic carbocycles. The van der Waals surface area contributed by atoms with E-state index in [2.05, 4.69) is 0 Å². The van der Waals surface area contributed by atoms with Crippen molar-refractivity contribution in [3.05, 3.63) is 0 Å². The molecule has 130 valence electrons. The van der Waals surface area contributed by atoms with Gasteiger partial charge < -0.3 is 14.5 Å². The van der Waals surface area contributed by atoms with Gasteiger partial charge >= 0.3 is 6.09 Å². The van der Waals surface area contributed by atoms with Crippen molar-refractivity contribution in [1.29, 1.82) is 0 Å². The molecule has 2 amide bonds. The number of amides is 2. The molecular formula is C16H26N2O4S. The molecule has 2 atom stereocenters. The molecule has 2 heterocycles. The zero-order valence-electron chi connectivity index (χ0n) is 14.3. The second-order valence-electron chi connectivity index (χ2n) is 7.20. The highest BCUT2D eigenvalue weighted by Crippen LogP contribution is 2.27. The predicted molar refractivity (Wildman–Crippen MR) is 89.2 cm³/mol. The van der Waals surface area contributed by atoms with Crippen LogP contribution < -0.4 is 0 Å². The van der Waals surface area contributed by atoms with Crippen molar-refractivity contribution in [1.82, 2.24) is 9.80 Å². The van der Waals surface area contributed by atoms with Gasteiger partial charge in [-0.1, -0.05) is 11.8 Å². The quantitative estimate of drug-likeness (QED) is 0.787. The number of carbonyl (C=O) groups excluding carboxylic acids is 3. The first-order valence-corrected chi connectivity index (χ1v) is 8.98. The van der Waals surface area contributed by atoms with E-state index in [-0.39, 0.29) is 28.4 Å². The minimum Gasteiger partial charge on any atom is -0.444 e. The summed E-state index contributed by atoms with van der Waals surface area (Å²) in [5.74, 6) is 0.0692. The van der Waals surface area contributed by atoms with Crippen molar-refractivity contribution < 1.29 is 19.1 Å². The highest BCUT2D eigenvalue weighted by Gasteiger charge is 2.37. The molecule has 0 aromatic heterocycles. The van der Waals surface area contributed by atoms with Crippen LogP contribution in [0.25, 0.3) is 0 Å². The van der Waals surface area contributed by atoms with Crippen LogP contribution in [-0.2, 0) is 14.3 Å². The Morgan fingerprint density at radius 3 is 2.65 bits per heavy atom. The maximum absolute atomic E-state index is 12.3. The van der Waals surface area contributed by atoms with Crippen LogP contribution in [0.15, 0.2) is 0 Å². The van der Waals surface area contributed by atoms with Gasteiger partial charge in [-0.05, 0) is 33.6 Å². The summed E-state index contributed by atoms with van der Waals surface area (Å²) in [4.78, 5) is 39.1. The molecular weight excluding hydrogens is 316 g/mol. The standard InChI is InChI=1S/C16H26N2O4S/c1-11(19)23-13-8-14(20)17(10-13)9-12-6-5-7-18(12)15(21)22-16(2,3)4/h12-13H,5-10H2,1-4H3. The second kappa shape index (κ2) is 7.11. The maximum Gasteiger partial charge on any atom is 0.410 e. The predicted octanol–water partition coefficient (Wildman–Crippen LogP) is 2.27. The molecule has 2 saturated heterocycles. The molecule has 2 aliphatic rings. The molecule has 23 heavy (non-hydrogen) atoms. The molecule has 6 nitrogen and oxygen atoms in total. The van der Waals surface area contributed by atoms with Crippen LogP contribution in [0.3, 0.4) is 0 Å². The summed E-state index contributed by atoms with van der Waals surface area (Å²) in [6.45, 7) is 8.87. The zero-order chi connectivity index (χ0) is 17.2. The zero-order valence-corrected chi connectivity index (χ0v) is 15.1. The normalized spacial score (nSPS) is 25.1. The Morgan fingerprint density at radius 1 is 1.35 bits per heavy atom. The van der Waals surface area contributed by atoms with Gasteiger partial charge in [-0.15, -0.1) is 0 Å². The van der Waals surface area contributed by atoms with Gasteiger partial charge in [-0.25, -0.2) is 4.79 Å². The number of carbonyl (C=O) groups is 3. The van der Waals surface area contributed by atoms with Crippen LogP contribution in [0.1, 0.15) is 47.0 Å². The Hall–Kier alpha value is -1.24. The van der Waals surface area contributed by atoms with Gasteiger partial charge in [0.15, 0.2) is 5.12 Å². The van der Waals surface area contributed by atoms with Gasteiger partial charge in [-0.2, -0.15) is 0 Å². The lowest BCUT2D eigenvalue weighted by Crippen LogP contribution is -2.45. The Labute approximate surface area is 141 Å². The fourth-order valence-corrected chi connectivity index (χ4v) is 4.02. The average molecular weight is 342 g/mol. The van der Waals surface area contributed by atoms with Crippen LogP contribution >= 0.6 is 11.8 Å². The van der Waals surface area contributed by atoms with Crippen molar-refractivity contribution in [2.75, 3.05) is 19.6 Å². The van der Waals surface area contributed by atoms with Crippen molar-refractivity contribution in [3.63, 3.8) is 0 Å². The number of ether oxygens (including phenoxy) is 1. The highest BCUT2D eigenvalue weighted by molar-refractivity contribution is 8.14. The summed E-state index contributed by atoms with van der Waals surface area (Å²) in [5, 5.41) is 0.0808. The van der Waals surface area contributed by atoms with Crippen LogP contribution in [0, 0.1) is 0 Å². The summed E-state index contributed by atoms with van der Waals surface area (Å²) >= 11 is 1.24. The first-order chi connectivity index (χ1) is 10.7. The minimum atomic E-state index is -0.517. The van der Waals surface area contributed by atoms with Crippen LogP contribution in [0.5, 0.6) is 0 Å². The molecule has 2 aliphatic heterocycles. The number of thioether (sulfide) groups is 1. The molecule has 0 radical (unpaired) electrons. The Kier molecular flexibility index (Phi) is 5.60. The first-order valence-electron chi connectivity index (χ1n) is 8.10. The van der Waals surface area contributed by atoms with E-state index < -0.39 is 5.60 Å². The van der Waals surface area contributed by atoms with E-state index in [0.29, 0.717) is 26.1 Å². The molecule has 0 saturated carbocycles. The highest BCUT2D eigenvalue weighted by atomic mass is 32.2. The molecule has 7 heteroatoms. The molecule has 2 unspecified atom stereocenters. The molecule has 0 aromatic rings. The van der Waals surface area contributed by atoms with E-state index in [9.17, 15) is 14.4 Å².